The minimum absolute atomic E-state index is 0.133. The van der Waals surface area contributed by atoms with E-state index in [1.807, 2.05) is 0 Å². The third kappa shape index (κ3) is 6.07. The van der Waals surface area contributed by atoms with Gasteiger partial charge in [0.25, 0.3) is 5.91 Å². The number of rotatable bonds is 7. The molecule has 0 aliphatic rings. The Hall–Kier alpha value is -1.07. The van der Waals surface area contributed by atoms with Crippen LogP contribution in [0.2, 0.25) is 0 Å². The van der Waals surface area contributed by atoms with Gasteiger partial charge in [0.1, 0.15) is 0 Å². The van der Waals surface area contributed by atoms with Crippen LogP contribution in [0.3, 0.4) is 0 Å². The van der Waals surface area contributed by atoms with E-state index in [-0.39, 0.29) is 5.91 Å². The molecule has 0 fully saturated rings. The van der Waals surface area contributed by atoms with Gasteiger partial charge in [-0.3, -0.25) is 4.79 Å². The highest BCUT2D eigenvalue weighted by Crippen LogP contribution is 2.19. The van der Waals surface area contributed by atoms with E-state index in [0.717, 1.165) is 17.5 Å². The molecule has 0 aromatic heterocycles. The van der Waals surface area contributed by atoms with E-state index in [4.69, 9.17) is 10.5 Å². The standard InChI is InChI=1S/C14H21BrN2O2/c1-10(2)5-7-19-8-6-17-14(18)11-3-4-12(15)13(16)9-11/h3-4,9-10H,5-8,16H2,1-2H3,(H,17,18). The number of hydrogen-bond donors (Lipinski definition) is 2. The summed E-state index contributed by atoms with van der Waals surface area (Å²) in [5.41, 5.74) is 6.84. The number of carbonyl (C=O) groups is 1. The topological polar surface area (TPSA) is 64.3 Å². The summed E-state index contributed by atoms with van der Waals surface area (Å²) in [6.45, 7) is 6.09. The summed E-state index contributed by atoms with van der Waals surface area (Å²) in [6, 6.07) is 5.15. The van der Waals surface area contributed by atoms with E-state index in [0.29, 0.717) is 30.3 Å². The second-order valence-electron chi connectivity index (χ2n) is 4.79. The molecule has 0 atom stereocenters. The maximum atomic E-state index is 11.8. The van der Waals surface area contributed by atoms with E-state index in [1.165, 1.54) is 0 Å². The predicted octanol–water partition coefficient (Wildman–Crippen LogP) is 2.82. The van der Waals surface area contributed by atoms with Crippen molar-refractivity contribution < 1.29 is 9.53 Å². The maximum absolute atomic E-state index is 11.8. The second kappa shape index (κ2) is 8.17. The highest BCUT2D eigenvalue weighted by molar-refractivity contribution is 9.10. The number of nitrogens with two attached hydrogens (primary N) is 1. The van der Waals surface area contributed by atoms with Crippen molar-refractivity contribution in [3.63, 3.8) is 0 Å². The molecular weight excluding hydrogens is 308 g/mol. The Morgan fingerprint density at radius 3 is 2.79 bits per heavy atom. The molecule has 0 unspecified atom stereocenters. The molecule has 106 valence electrons. The van der Waals surface area contributed by atoms with Crippen molar-refractivity contribution in [1.29, 1.82) is 0 Å². The first-order valence-corrected chi connectivity index (χ1v) is 7.21. The van der Waals surface area contributed by atoms with Gasteiger partial charge in [-0.15, -0.1) is 0 Å². The van der Waals surface area contributed by atoms with Gasteiger partial charge in [-0.05, 0) is 46.5 Å². The van der Waals surface area contributed by atoms with Crippen LogP contribution in [-0.2, 0) is 4.74 Å². The number of carbonyl (C=O) groups excluding carboxylic acids is 1. The summed E-state index contributed by atoms with van der Waals surface area (Å²) in [5.74, 6) is 0.506. The van der Waals surface area contributed by atoms with Gasteiger partial charge in [0.15, 0.2) is 0 Å². The first-order valence-electron chi connectivity index (χ1n) is 6.41. The smallest absolute Gasteiger partial charge is 0.251 e. The fraction of sp³-hybridized carbons (Fsp3) is 0.500. The summed E-state index contributed by atoms with van der Waals surface area (Å²) in [7, 11) is 0. The number of nitrogen functional groups attached to an aromatic ring is 1. The predicted molar refractivity (Wildman–Crippen MR) is 81.2 cm³/mol. The molecule has 1 rings (SSSR count). The number of ether oxygens (including phenoxy) is 1. The van der Waals surface area contributed by atoms with Gasteiger partial charge in [-0.25, -0.2) is 0 Å². The zero-order valence-corrected chi connectivity index (χ0v) is 13.0. The first kappa shape index (κ1) is 16.0. The van der Waals surface area contributed by atoms with Gasteiger partial charge >= 0.3 is 0 Å². The van der Waals surface area contributed by atoms with Crippen molar-refractivity contribution in [2.45, 2.75) is 20.3 Å². The minimum atomic E-state index is -0.133. The minimum Gasteiger partial charge on any atom is -0.398 e. The molecule has 1 aromatic carbocycles. The Morgan fingerprint density at radius 2 is 2.16 bits per heavy atom. The van der Waals surface area contributed by atoms with E-state index < -0.39 is 0 Å². The van der Waals surface area contributed by atoms with Crippen LogP contribution in [0.1, 0.15) is 30.6 Å². The highest BCUT2D eigenvalue weighted by Gasteiger charge is 2.06. The molecule has 4 nitrogen and oxygen atoms in total. The van der Waals surface area contributed by atoms with Gasteiger partial charge in [-0.2, -0.15) is 0 Å². The van der Waals surface area contributed by atoms with Crippen LogP contribution in [0.25, 0.3) is 0 Å². The fourth-order valence-corrected chi connectivity index (χ4v) is 1.69. The van der Waals surface area contributed by atoms with Crippen LogP contribution in [0.4, 0.5) is 5.69 Å². The fourth-order valence-electron chi connectivity index (χ4n) is 1.44. The molecular formula is C14H21BrN2O2. The number of halogens is 1. The van der Waals surface area contributed by atoms with Crippen molar-refractivity contribution in [3.8, 4) is 0 Å². The lowest BCUT2D eigenvalue weighted by atomic mass is 10.1. The van der Waals surface area contributed by atoms with Gasteiger partial charge in [0.2, 0.25) is 0 Å². The largest absolute Gasteiger partial charge is 0.398 e. The van der Waals surface area contributed by atoms with Crippen molar-refractivity contribution in [2.24, 2.45) is 5.92 Å². The lowest BCUT2D eigenvalue weighted by Gasteiger charge is -2.08. The molecule has 0 radical (unpaired) electrons. The van der Waals surface area contributed by atoms with Crippen LogP contribution in [-0.4, -0.2) is 25.7 Å². The molecule has 0 saturated carbocycles. The molecule has 0 heterocycles. The van der Waals surface area contributed by atoms with Gasteiger partial charge in [-0.1, -0.05) is 13.8 Å². The van der Waals surface area contributed by atoms with Crippen LogP contribution >= 0.6 is 15.9 Å². The average Bonchev–Trinajstić information content (AvgIpc) is 2.36. The molecule has 0 spiro atoms. The monoisotopic (exact) mass is 328 g/mol. The number of nitrogens with one attached hydrogen (secondary N) is 1. The van der Waals surface area contributed by atoms with Crippen LogP contribution in [0.15, 0.2) is 22.7 Å². The average molecular weight is 329 g/mol. The number of benzene rings is 1. The zero-order chi connectivity index (χ0) is 14.3. The SMILES string of the molecule is CC(C)CCOCCNC(=O)c1ccc(Br)c(N)c1. The molecule has 0 saturated heterocycles. The third-order valence-electron chi connectivity index (χ3n) is 2.63. The Bertz CT molecular complexity index is 422. The van der Waals surface area contributed by atoms with Crippen LogP contribution in [0, 0.1) is 5.92 Å². The normalized spacial score (nSPS) is 10.7. The number of anilines is 1. The van der Waals surface area contributed by atoms with E-state index in [2.05, 4.69) is 35.1 Å². The Kier molecular flexibility index (Phi) is 6.87. The van der Waals surface area contributed by atoms with Gasteiger partial charge in [0.05, 0.1) is 6.61 Å². The molecule has 1 aromatic rings. The van der Waals surface area contributed by atoms with Crippen molar-refractivity contribution >= 4 is 27.5 Å². The Labute approximate surface area is 122 Å². The number of amides is 1. The molecule has 0 aliphatic carbocycles. The number of hydrogen-bond acceptors (Lipinski definition) is 3. The van der Waals surface area contributed by atoms with Crippen molar-refractivity contribution in [3.05, 3.63) is 28.2 Å². The second-order valence-corrected chi connectivity index (χ2v) is 5.64. The van der Waals surface area contributed by atoms with Gasteiger partial charge in [0, 0.05) is 28.9 Å². The van der Waals surface area contributed by atoms with Crippen molar-refractivity contribution in [1.82, 2.24) is 5.32 Å². The van der Waals surface area contributed by atoms with Crippen LogP contribution in [0.5, 0.6) is 0 Å². The lowest BCUT2D eigenvalue weighted by molar-refractivity contribution is 0.0906. The van der Waals surface area contributed by atoms with Gasteiger partial charge < -0.3 is 15.8 Å². The first-order chi connectivity index (χ1) is 9.00. The van der Waals surface area contributed by atoms with E-state index in [1.54, 1.807) is 18.2 Å². The summed E-state index contributed by atoms with van der Waals surface area (Å²) >= 11 is 3.29. The maximum Gasteiger partial charge on any atom is 0.251 e. The quantitative estimate of drug-likeness (QED) is 0.597. The molecule has 19 heavy (non-hydrogen) atoms. The van der Waals surface area contributed by atoms with Crippen molar-refractivity contribution in [2.75, 3.05) is 25.5 Å². The Morgan fingerprint density at radius 1 is 1.42 bits per heavy atom. The Balaban J connectivity index is 2.26. The molecule has 0 bridgehead atoms. The van der Waals surface area contributed by atoms with E-state index >= 15 is 0 Å². The highest BCUT2D eigenvalue weighted by atomic mass is 79.9. The lowest BCUT2D eigenvalue weighted by Crippen LogP contribution is -2.27. The summed E-state index contributed by atoms with van der Waals surface area (Å²) in [6.07, 6.45) is 1.04. The molecule has 0 aliphatic heterocycles. The third-order valence-corrected chi connectivity index (χ3v) is 3.35. The molecule has 5 heteroatoms. The zero-order valence-electron chi connectivity index (χ0n) is 11.4. The van der Waals surface area contributed by atoms with E-state index in [9.17, 15) is 4.79 Å². The summed E-state index contributed by atoms with van der Waals surface area (Å²) in [4.78, 5) is 11.8. The van der Waals surface area contributed by atoms with Crippen LogP contribution < -0.4 is 11.1 Å². The summed E-state index contributed by atoms with van der Waals surface area (Å²) in [5, 5.41) is 2.80. The molecule has 3 N–H and O–H groups in total. The molecule has 1 amide bonds. The summed E-state index contributed by atoms with van der Waals surface area (Å²) < 4.78 is 6.22.